The third-order valence-corrected chi connectivity index (χ3v) is 7.27. The number of amides is 1. The molecule has 1 heterocycles. The Hall–Kier alpha value is -2.58. The molecule has 0 bridgehead atoms. The third-order valence-electron chi connectivity index (χ3n) is 5.38. The number of benzene rings is 2. The summed E-state index contributed by atoms with van der Waals surface area (Å²) < 4.78 is 38.2. The van der Waals surface area contributed by atoms with Gasteiger partial charge in [-0.2, -0.15) is 4.31 Å². The minimum absolute atomic E-state index is 0.122. The van der Waals surface area contributed by atoms with Crippen molar-refractivity contribution in [1.29, 1.82) is 0 Å². The van der Waals surface area contributed by atoms with Gasteiger partial charge in [-0.1, -0.05) is 12.1 Å². The minimum atomic E-state index is -3.57. The molecule has 7 nitrogen and oxygen atoms in total. The number of hydrogen-bond acceptors (Lipinski definition) is 5. The lowest BCUT2D eigenvalue weighted by Gasteiger charge is -2.34. The molecule has 0 saturated carbocycles. The van der Waals surface area contributed by atoms with Gasteiger partial charge in [0.05, 0.1) is 12.0 Å². The van der Waals surface area contributed by atoms with Gasteiger partial charge in [-0.25, -0.2) is 8.42 Å². The highest BCUT2D eigenvalue weighted by atomic mass is 32.2. The number of nitrogens with zero attached hydrogens (tertiary/aromatic N) is 2. The van der Waals surface area contributed by atoms with Crippen LogP contribution in [0.1, 0.15) is 16.7 Å². The van der Waals surface area contributed by atoms with Gasteiger partial charge >= 0.3 is 0 Å². The van der Waals surface area contributed by atoms with E-state index < -0.39 is 10.0 Å². The lowest BCUT2D eigenvalue weighted by molar-refractivity contribution is -0.134. The largest absolute Gasteiger partial charge is 0.493 e. The molecule has 30 heavy (non-hydrogen) atoms. The second-order valence-electron chi connectivity index (χ2n) is 7.47. The van der Waals surface area contributed by atoms with Gasteiger partial charge in [0.2, 0.25) is 10.0 Å². The van der Waals surface area contributed by atoms with E-state index in [9.17, 15) is 13.2 Å². The maximum Gasteiger partial charge on any atom is 0.260 e. The molecule has 0 aromatic heterocycles. The standard InChI is InChI=1S/C22H28N2O5S/c1-16-5-8-20(21(13-16)28-4)29-15-22(25)23-9-11-24(12-10-23)30(26,27)19-7-6-17(2)18(3)14-19/h5-8,13-14H,9-12,15H2,1-4H3. The predicted molar refractivity (Wildman–Crippen MR) is 114 cm³/mol. The Balaban J connectivity index is 1.58. The van der Waals surface area contributed by atoms with Crippen molar-refractivity contribution >= 4 is 15.9 Å². The van der Waals surface area contributed by atoms with E-state index in [1.807, 2.05) is 39.0 Å². The fourth-order valence-electron chi connectivity index (χ4n) is 3.33. The quantitative estimate of drug-likeness (QED) is 0.701. The number of carbonyl (C=O) groups excluding carboxylic acids is 1. The van der Waals surface area contributed by atoms with Crippen LogP contribution in [0.2, 0.25) is 0 Å². The second kappa shape index (κ2) is 9.06. The van der Waals surface area contributed by atoms with Crippen LogP contribution >= 0.6 is 0 Å². The molecule has 0 atom stereocenters. The summed E-state index contributed by atoms with van der Waals surface area (Å²) >= 11 is 0. The average molecular weight is 433 g/mol. The molecule has 1 aliphatic rings. The first kappa shape index (κ1) is 22.1. The Labute approximate surface area is 178 Å². The molecule has 1 fully saturated rings. The van der Waals surface area contributed by atoms with Crippen molar-refractivity contribution in [2.45, 2.75) is 25.7 Å². The fraction of sp³-hybridized carbons (Fsp3) is 0.409. The number of hydrogen-bond donors (Lipinski definition) is 0. The Morgan fingerprint density at radius 2 is 1.63 bits per heavy atom. The van der Waals surface area contributed by atoms with Gasteiger partial charge in [0.25, 0.3) is 5.91 Å². The lowest BCUT2D eigenvalue weighted by atomic mass is 10.1. The molecule has 162 valence electrons. The molecule has 2 aromatic carbocycles. The summed E-state index contributed by atoms with van der Waals surface area (Å²) in [4.78, 5) is 14.5. The van der Waals surface area contributed by atoms with Crippen molar-refractivity contribution in [3.8, 4) is 11.5 Å². The Morgan fingerprint density at radius 3 is 2.27 bits per heavy atom. The highest BCUT2D eigenvalue weighted by Crippen LogP contribution is 2.28. The number of aryl methyl sites for hydroxylation is 3. The van der Waals surface area contributed by atoms with Gasteiger partial charge in [0.1, 0.15) is 0 Å². The maximum atomic E-state index is 12.9. The fourth-order valence-corrected chi connectivity index (χ4v) is 4.83. The normalized spacial score (nSPS) is 15.1. The van der Waals surface area contributed by atoms with Gasteiger partial charge < -0.3 is 14.4 Å². The van der Waals surface area contributed by atoms with E-state index in [1.54, 1.807) is 30.2 Å². The third kappa shape index (κ3) is 4.76. The van der Waals surface area contributed by atoms with Gasteiger partial charge in [0.15, 0.2) is 18.1 Å². The van der Waals surface area contributed by atoms with Crippen LogP contribution in [0.25, 0.3) is 0 Å². The Kier molecular flexibility index (Phi) is 6.67. The summed E-state index contributed by atoms with van der Waals surface area (Å²) in [6.07, 6.45) is 0. The van der Waals surface area contributed by atoms with Crippen molar-refractivity contribution in [1.82, 2.24) is 9.21 Å². The molecular formula is C22H28N2O5S. The minimum Gasteiger partial charge on any atom is -0.493 e. The topological polar surface area (TPSA) is 76.2 Å². The summed E-state index contributed by atoms with van der Waals surface area (Å²) in [7, 11) is -2.02. The maximum absolute atomic E-state index is 12.9. The molecular weight excluding hydrogens is 404 g/mol. The highest BCUT2D eigenvalue weighted by Gasteiger charge is 2.30. The molecule has 1 saturated heterocycles. The molecule has 0 aliphatic carbocycles. The first-order valence-electron chi connectivity index (χ1n) is 9.85. The summed E-state index contributed by atoms with van der Waals surface area (Å²) in [6, 6.07) is 10.7. The monoisotopic (exact) mass is 432 g/mol. The summed E-state index contributed by atoms with van der Waals surface area (Å²) in [5, 5.41) is 0. The first-order chi connectivity index (χ1) is 14.2. The molecule has 0 spiro atoms. The number of rotatable bonds is 6. The van der Waals surface area contributed by atoms with Crippen LogP contribution < -0.4 is 9.47 Å². The zero-order chi connectivity index (χ0) is 21.9. The number of sulfonamides is 1. The van der Waals surface area contributed by atoms with Crippen molar-refractivity contribution in [2.75, 3.05) is 39.9 Å². The first-order valence-corrected chi connectivity index (χ1v) is 11.3. The SMILES string of the molecule is COc1cc(C)ccc1OCC(=O)N1CCN(S(=O)(=O)c2ccc(C)c(C)c2)CC1. The van der Waals surface area contributed by atoms with E-state index in [0.717, 1.165) is 16.7 Å². The molecule has 0 radical (unpaired) electrons. The number of piperazine rings is 1. The summed E-state index contributed by atoms with van der Waals surface area (Å²) in [5.74, 6) is 0.903. The van der Waals surface area contributed by atoms with Crippen LogP contribution in [0.5, 0.6) is 11.5 Å². The molecule has 8 heteroatoms. The van der Waals surface area contributed by atoms with Crippen molar-refractivity contribution in [2.24, 2.45) is 0 Å². The van der Waals surface area contributed by atoms with Crippen molar-refractivity contribution in [3.63, 3.8) is 0 Å². The van der Waals surface area contributed by atoms with Gasteiger partial charge in [0, 0.05) is 26.2 Å². The smallest absolute Gasteiger partial charge is 0.260 e. The Morgan fingerprint density at radius 1 is 0.933 bits per heavy atom. The van der Waals surface area contributed by atoms with E-state index in [2.05, 4.69) is 0 Å². The van der Waals surface area contributed by atoms with Gasteiger partial charge in [-0.15, -0.1) is 0 Å². The summed E-state index contributed by atoms with van der Waals surface area (Å²) in [6.45, 7) is 6.85. The van der Waals surface area contributed by atoms with Crippen LogP contribution in [0, 0.1) is 20.8 Å². The van der Waals surface area contributed by atoms with E-state index in [4.69, 9.17) is 9.47 Å². The number of ether oxygens (including phenoxy) is 2. The molecule has 2 aromatic rings. The molecule has 0 unspecified atom stereocenters. The summed E-state index contributed by atoms with van der Waals surface area (Å²) in [5.41, 5.74) is 3.02. The van der Waals surface area contributed by atoms with Crippen LogP contribution in [-0.2, 0) is 14.8 Å². The van der Waals surface area contributed by atoms with E-state index in [1.165, 1.54) is 4.31 Å². The van der Waals surface area contributed by atoms with Crippen molar-refractivity contribution in [3.05, 3.63) is 53.1 Å². The predicted octanol–water partition coefficient (Wildman–Crippen LogP) is 2.53. The number of carbonyl (C=O) groups is 1. The zero-order valence-corrected chi connectivity index (χ0v) is 18.7. The van der Waals surface area contributed by atoms with Crippen molar-refractivity contribution < 1.29 is 22.7 Å². The lowest BCUT2D eigenvalue weighted by Crippen LogP contribution is -2.51. The van der Waals surface area contributed by atoms with Crippen LogP contribution in [0.15, 0.2) is 41.3 Å². The van der Waals surface area contributed by atoms with E-state index in [0.29, 0.717) is 29.5 Å². The van der Waals surface area contributed by atoms with E-state index in [-0.39, 0.29) is 25.6 Å². The molecule has 3 rings (SSSR count). The Bertz CT molecular complexity index is 1030. The van der Waals surface area contributed by atoms with Gasteiger partial charge in [-0.05, 0) is 61.7 Å². The van der Waals surface area contributed by atoms with Crippen LogP contribution in [-0.4, -0.2) is 63.4 Å². The molecule has 1 amide bonds. The van der Waals surface area contributed by atoms with Gasteiger partial charge in [-0.3, -0.25) is 4.79 Å². The number of methoxy groups -OCH3 is 1. The highest BCUT2D eigenvalue weighted by molar-refractivity contribution is 7.89. The van der Waals surface area contributed by atoms with Crippen LogP contribution in [0.4, 0.5) is 0 Å². The van der Waals surface area contributed by atoms with E-state index >= 15 is 0 Å². The molecule has 1 aliphatic heterocycles. The second-order valence-corrected chi connectivity index (χ2v) is 9.41. The zero-order valence-electron chi connectivity index (χ0n) is 17.8. The molecule has 0 N–H and O–H groups in total. The average Bonchev–Trinajstić information content (AvgIpc) is 2.74. The van der Waals surface area contributed by atoms with Crippen LogP contribution in [0.3, 0.4) is 0 Å².